The van der Waals surface area contributed by atoms with E-state index >= 15 is 0 Å². The molecule has 1 heterocycles. The number of nitrogens with one attached hydrogen (secondary N) is 1. The van der Waals surface area contributed by atoms with Crippen LogP contribution in [0.15, 0.2) is 6.20 Å². The van der Waals surface area contributed by atoms with Gasteiger partial charge >= 0.3 is 0 Å². The van der Waals surface area contributed by atoms with Crippen molar-refractivity contribution < 1.29 is 0 Å². The third-order valence-electron chi connectivity index (χ3n) is 2.51. The summed E-state index contributed by atoms with van der Waals surface area (Å²) in [6.45, 7) is 2.94. The van der Waals surface area contributed by atoms with E-state index in [4.69, 9.17) is 11.6 Å². The highest BCUT2D eigenvalue weighted by molar-refractivity contribution is 7.98. The van der Waals surface area contributed by atoms with Gasteiger partial charge in [0.1, 0.15) is 5.82 Å². The molecule has 1 N–H and O–H groups in total. The first-order valence-corrected chi connectivity index (χ1v) is 7.73. The minimum absolute atomic E-state index is 0.304. The van der Waals surface area contributed by atoms with E-state index in [2.05, 4.69) is 21.5 Å². The first-order chi connectivity index (χ1) is 8.24. The van der Waals surface area contributed by atoms with E-state index < -0.39 is 0 Å². The predicted octanol–water partition coefficient (Wildman–Crippen LogP) is 3.77. The van der Waals surface area contributed by atoms with Crippen LogP contribution in [-0.4, -0.2) is 28.5 Å². The molecule has 0 saturated heterocycles. The van der Waals surface area contributed by atoms with Crippen LogP contribution in [0.5, 0.6) is 0 Å². The average molecular weight is 274 g/mol. The van der Waals surface area contributed by atoms with Crippen molar-refractivity contribution in [3.8, 4) is 0 Å². The average Bonchev–Trinajstić information content (AvgIpc) is 2.32. The van der Waals surface area contributed by atoms with Crippen LogP contribution in [0.4, 0.5) is 5.82 Å². The van der Waals surface area contributed by atoms with Crippen molar-refractivity contribution in [2.45, 2.75) is 32.6 Å². The zero-order valence-corrected chi connectivity index (χ0v) is 12.1. The highest BCUT2D eigenvalue weighted by Crippen LogP contribution is 2.13. The molecule has 0 aromatic carbocycles. The molecule has 0 amide bonds. The molecule has 0 aliphatic rings. The third kappa shape index (κ3) is 6.13. The minimum atomic E-state index is 0.304. The van der Waals surface area contributed by atoms with Crippen molar-refractivity contribution in [2.24, 2.45) is 0 Å². The molecule has 3 nitrogen and oxygen atoms in total. The fraction of sp³-hybridized carbons (Fsp3) is 0.667. The largest absolute Gasteiger partial charge is 0.370 e. The summed E-state index contributed by atoms with van der Waals surface area (Å²) in [5, 5.41) is 3.61. The molecular formula is C12H20ClN3S. The van der Waals surface area contributed by atoms with Crippen molar-refractivity contribution in [2.75, 3.05) is 23.9 Å². The summed E-state index contributed by atoms with van der Waals surface area (Å²) in [6.07, 6.45) is 8.98. The van der Waals surface area contributed by atoms with E-state index in [0.29, 0.717) is 5.28 Å². The minimum Gasteiger partial charge on any atom is -0.370 e. The number of thioether (sulfide) groups is 1. The number of rotatable bonds is 8. The lowest BCUT2D eigenvalue weighted by atomic mass is 10.2. The monoisotopic (exact) mass is 273 g/mol. The molecule has 0 atom stereocenters. The number of aryl methyl sites for hydroxylation is 1. The second kappa shape index (κ2) is 8.59. The quantitative estimate of drug-likeness (QED) is 0.578. The highest BCUT2D eigenvalue weighted by Gasteiger charge is 2.00. The summed E-state index contributed by atoms with van der Waals surface area (Å²) < 4.78 is 0. The van der Waals surface area contributed by atoms with E-state index in [1.165, 1.54) is 31.4 Å². The van der Waals surface area contributed by atoms with E-state index in [0.717, 1.165) is 17.9 Å². The number of hydrogen-bond acceptors (Lipinski definition) is 4. The van der Waals surface area contributed by atoms with Crippen LogP contribution >= 0.6 is 23.4 Å². The van der Waals surface area contributed by atoms with E-state index in [1.54, 1.807) is 6.20 Å². The zero-order chi connectivity index (χ0) is 12.5. The molecule has 0 aliphatic heterocycles. The van der Waals surface area contributed by atoms with Gasteiger partial charge in [0.2, 0.25) is 5.28 Å². The van der Waals surface area contributed by atoms with Crippen LogP contribution in [-0.2, 0) is 0 Å². The normalized spacial score (nSPS) is 10.5. The number of halogens is 1. The summed E-state index contributed by atoms with van der Waals surface area (Å²) in [6, 6.07) is 0. The van der Waals surface area contributed by atoms with Crippen LogP contribution in [0, 0.1) is 6.92 Å². The molecule has 0 saturated carbocycles. The summed E-state index contributed by atoms with van der Waals surface area (Å²) in [5.41, 5.74) is 1.04. The molecule has 1 aromatic heterocycles. The SMILES string of the molecule is CSCCCCCCNc1nc(Cl)ncc1C. The van der Waals surface area contributed by atoms with Gasteiger partial charge in [-0.05, 0) is 43.4 Å². The van der Waals surface area contributed by atoms with Gasteiger partial charge in [0, 0.05) is 18.3 Å². The lowest BCUT2D eigenvalue weighted by molar-refractivity contribution is 0.688. The topological polar surface area (TPSA) is 37.8 Å². The summed E-state index contributed by atoms with van der Waals surface area (Å²) in [5.74, 6) is 2.13. The Labute approximate surface area is 113 Å². The Morgan fingerprint density at radius 1 is 1.29 bits per heavy atom. The number of anilines is 1. The maximum atomic E-state index is 5.75. The Morgan fingerprint density at radius 3 is 2.82 bits per heavy atom. The molecule has 17 heavy (non-hydrogen) atoms. The molecule has 0 aliphatic carbocycles. The fourth-order valence-corrected chi connectivity index (χ4v) is 2.16. The Balaban J connectivity index is 2.15. The van der Waals surface area contributed by atoms with Crippen LogP contribution in [0.3, 0.4) is 0 Å². The summed E-state index contributed by atoms with van der Waals surface area (Å²) in [7, 11) is 0. The van der Waals surface area contributed by atoms with Gasteiger partial charge in [0.15, 0.2) is 0 Å². The zero-order valence-electron chi connectivity index (χ0n) is 10.5. The summed E-state index contributed by atoms with van der Waals surface area (Å²) in [4.78, 5) is 8.09. The second-order valence-corrected chi connectivity index (χ2v) is 5.33. The van der Waals surface area contributed by atoms with Gasteiger partial charge in [-0.25, -0.2) is 9.97 Å². The maximum absolute atomic E-state index is 5.75. The number of nitrogens with zero attached hydrogens (tertiary/aromatic N) is 2. The molecule has 5 heteroatoms. The van der Waals surface area contributed by atoms with Gasteiger partial charge in [-0.3, -0.25) is 0 Å². The van der Waals surface area contributed by atoms with Gasteiger partial charge in [0.25, 0.3) is 0 Å². The van der Waals surface area contributed by atoms with Crippen molar-refractivity contribution in [1.82, 2.24) is 9.97 Å². The fourth-order valence-electron chi connectivity index (χ4n) is 1.53. The molecule has 0 spiro atoms. The van der Waals surface area contributed by atoms with Crippen LogP contribution < -0.4 is 5.32 Å². The van der Waals surface area contributed by atoms with Gasteiger partial charge < -0.3 is 5.32 Å². The molecule has 96 valence electrons. The Morgan fingerprint density at radius 2 is 2.06 bits per heavy atom. The Kier molecular flexibility index (Phi) is 7.37. The summed E-state index contributed by atoms with van der Waals surface area (Å²) >= 11 is 7.67. The van der Waals surface area contributed by atoms with E-state index in [9.17, 15) is 0 Å². The predicted molar refractivity (Wildman–Crippen MR) is 77.1 cm³/mol. The van der Waals surface area contributed by atoms with Crippen molar-refractivity contribution in [3.63, 3.8) is 0 Å². The molecule has 0 unspecified atom stereocenters. The number of hydrogen-bond donors (Lipinski definition) is 1. The molecular weight excluding hydrogens is 254 g/mol. The molecule has 1 aromatic rings. The first-order valence-electron chi connectivity index (χ1n) is 5.96. The van der Waals surface area contributed by atoms with E-state index in [-0.39, 0.29) is 0 Å². The van der Waals surface area contributed by atoms with Crippen LogP contribution in [0.1, 0.15) is 31.2 Å². The van der Waals surface area contributed by atoms with Crippen molar-refractivity contribution in [3.05, 3.63) is 17.0 Å². The van der Waals surface area contributed by atoms with Crippen molar-refractivity contribution >= 4 is 29.2 Å². The molecule has 1 rings (SSSR count). The highest BCUT2D eigenvalue weighted by atomic mass is 35.5. The second-order valence-electron chi connectivity index (χ2n) is 4.00. The third-order valence-corrected chi connectivity index (χ3v) is 3.39. The molecule has 0 fully saturated rings. The lowest BCUT2D eigenvalue weighted by Gasteiger charge is -2.07. The van der Waals surface area contributed by atoms with E-state index in [1.807, 2.05) is 18.7 Å². The molecule has 0 radical (unpaired) electrons. The van der Waals surface area contributed by atoms with Crippen LogP contribution in [0.2, 0.25) is 5.28 Å². The number of aromatic nitrogens is 2. The van der Waals surface area contributed by atoms with Crippen molar-refractivity contribution in [1.29, 1.82) is 0 Å². The first kappa shape index (κ1) is 14.6. The molecule has 0 bridgehead atoms. The Hall–Kier alpha value is -0.480. The van der Waals surface area contributed by atoms with Gasteiger partial charge in [0.05, 0.1) is 0 Å². The Bertz CT molecular complexity index is 334. The lowest BCUT2D eigenvalue weighted by Crippen LogP contribution is -2.05. The number of unbranched alkanes of at least 4 members (excludes halogenated alkanes) is 3. The van der Waals surface area contributed by atoms with Gasteiger partial charge in [-0.2, -0.15) is 11.8 Å². The van der Waals surface area contributed by atoms with Gasteiger partial charge in [-0.1, -0.05) is 12.8 Å². The maximum Gasteiger partial charge on any atom is 0.224 e. The van der Waals surface area contributed by atoms with Crippen LogP contribution in [0.25, 0.3) is 0 Å². The smallest absolute Gasteiger partial charge is 0.224 e. The van der Waals surface area contributed by atoms with Gasteiger partial charge in [-0.15, -0.1) is 0 Å². The standard InChI is InChI=1S/C12H20ClN3S/c1-10-9-15-12(13)16-11(10)14-7-5-3-4-6-8-17-2/h9H,3-8H2,1-2H3,(H,14,15,16).